The molecule has 1 rings (SSSR count). The normalized spacial score (nSPS) is 11.2. The second-order valence-corrected chi connectivity index (χ2v) is 3.87. The van der Waals surface area contributed by atoms with E-state index in [2.05, 4.69) is 5.32 Å². The SMILES string of the molecule is C/C=C(\C=N)C(=O)Nc1cc(CC)cn(C)c1=O. The summed E-state index contributed by atoms with van der Waals surface area (Å²) in [4.78, 5) is 23.6. The molecule has 96 valence electrons. The number of hydrogen-bond donors (Lipinski definition) is 2. The first kappa shape index (κ1) is 13.9. The Hall–Kier alpha value is -2.17. The van der Waals surface area contributed by atoms with Gasteiger partial charge in [-0.2, -0.15) is 0 Å². The Labute approximate surface area is 106 Å². The van der Waals surface area contributed by atoms with Crippen LogP contribution >= 0.6 is 0 Å². The van der Waals surface area contributed by atoms with E-state index in [0.29, 0.717) is 0 Å². The van der Waals surface area contributed by atoms with Crippen LogP contribution in [-0.2, 0) is 18.3 Å². The van der Waals surface area contributed by atoms with Crippen molar-refractivity contribution in [3.63, 3.8) is 0 Å². The predicted octanol–water partition coefficient (Wildman–Crippen LogP) is 1.48. The van der Waals surface area contributed by atoms with Crippen molar-refractivity contribution in [1.82, 2.24) is 4.57 Å². The van der Waals surface area contributed by atoms with Crippen molar-refractivity contribution in [2.75, 3.05) is 5.32 Å². The van der Waals surface area contributed by atoms with Crippen molar-refractivity contribution in [3.05, 3.63) is 39.8 Å². The number of carbonyl (C=O) groups excluding carboxylic acids is 1. The molecule has 1 aromatic heterocycles. The molecule has 5 heteroatoms. The monoisotopic (exact) mass is 247 g/mol. The van der Waals surface area contributed by atoms with Crippen LogP contribution in [0.1, 0.15) is 19.4 Å². The van der Waals surface area contributed by atoms with Gasteiger partial charge in [0.2, 0.25) is 0 Å². The lowest BCUT2D eigenvalue weighted by molar-refractivity contribution is -0.112. The van der Waals surface area contributed by atoms with Gasteiger partial charge in [-0.25, -0.2) is 0 Å². The summed E-state index contributed by atoms with van der Waals surface area (Å²) in [5.74, 6) is -0.446. The molecule has 0 aliphatic carbocycles. The van der Waals surface area contributed by atoms with Gasteiger partial charge in [-0.1, -0.05) is 13.0 Å². The molecule has 0 saturated carbocycles. The molecule has 2 N–H and O–H groups in total. The van der Waals surface area contributed by atoms with E-state index in [-0.39, 0.29) is 16.8 Å². The predicted molar refractivity (Wildman–Crippen MR) is 72.2 cm³/mol. The molecule has 1 amide bonds. The Morgan fingerprint density at radius 1 is 1.56 bits per heavy atom. The minimum Gasteiger partial charge on any atom is -0.317 e. The Kier molecular flexibility index (Phi) is 4.59. The fraction of sp³-hybridized carbons (Fsp3) is 0.308. The van der Waals surface area contributed by atoms with Crippen LogP contribution in [0, 0.1) is 5.41 Å². The van der Waals surface area contributed by atoms with Gasteiger partial charge < -0.3 is 15.3 Å². The summed E-state index contributed by atoms with van der Waals surface area (Å²) in [6.45, 7) is 3.64. The van der Waals surface area contributed by atoms with Gasteiger partial charge in [0, 0.05) is 19.5 Å². The minimum absolute atomic E-state index is 0.221. The number of aryl methyl sites for hydroxylation is 2. The highest BCUT2D eigenvalue weighted by molar-refractivity contribution is 6.16. The number of anilines is 1. The molecule has 0 spiro atoms. The molecule has 0 saturated heterocycles. The summed E-state index contributed by atoms with van der Waals surface area (Å²) < 4.78 is 1.44. The third kappa shape index (κ3) is 2.94. The average molecular weight is 247 g/mol. The van der Waals surface area contributed by atoms with Crippen molar-refractivity contribution in [2.45, 2.75) is 20.3 Å². The molecule has 0 fully saturated rings. The van der Waals surface area contributed by atoms with Crippen LogP contribution in [-0.4, -0.2) is 16.7 Å². The quantitative estimate of drug-likeness (QED) is 0.624. The van der Waals surface area contributed by atoms with Gasteiger partial charge in [0.25, 0.3) is 11.5 Å². The summed E-state index contributed by atoms with van der Waals surface area (Å²) in [6.07, 6.45) is 5.00. The molecule has 5 nitrogen and oxygen atoms in total. The maximum atomic E-state index is 11.8. The Bertz CT molecular complexity index is 556. The highest BCUT2D eigenvalue weighted by atomic mass is 16.2. The third-order valence-electron chi connectivity index (χ3n) is 2.63. The number of aromatic nitrogens is 1. The zero-order chi connectivity index (χ0) is 13.7. The molecular formula is C13H17N3O2. The number of rotatable bonds is 4. The van der Waals surface area contributed by atoms with Gasteiger partial charge in [-0.3, -0.25) is 9.59 Å². The molecule has 0 aromatic carbocycles. The smallest absolute Gasteiger partial charge is 0.274 e. The number of pyridine rings is 1. The largest absolute Gasteiger partial charge is 0.317 e. The van der Waals surface area contributed by atoms with E-state index in [0.717, 1.165) is 18.2 Å². The summed E-state index contributed by atoms with van der Waals surface area (Å²) in [5.41, 5.74) is 1.16. The zero-order valence-electron chi connectivity index (χ0n) is 10.8. The number of allylic oxidation sites excluding steroid dienone is 1. The lowest BCUT2D eigenvalue weighted by atomic mass is 10.2. The van der Waals surface area contributed by atoms with Crippen molar-refractivity contribution < 1.29 is 4.79 Å². The van der Waals surface area contributed by atoms with Crippen molar-refractivity contribution in [1.29, 1.82) is 5.41 Å². The minimum atomic E-state index is -0.446. The number of hydrogen-bond acceptors (Lipinski definition) is 3. The number of amides is 1. The molecule has 0 aliphatic rings. The molecule has 18 heavy (non-hydrogen) atoms. The first-order valence-corrected chi connectivity index (χ1v) is 5.71. The van der Waals surface area contributed by atoms with Gasteiger partial charge >= 0.3 is 0 Å². The van der Waals surface area contributed by atoms with Crippen molar-refractivity contribution in [3.8, 4) is 0 Å². The second kappa shape index (κ2) is 5.95. The maximum absolute atomic E-state index is 11.8. The molecule has 0 atom stereocenters. The van der Waals surface area contributed by atoms with Gasteiger partial charge in [0.1, 0.15) is 5.69 Å². The Balaban J connectivity index is 3.12. The van der Waals surface area contributed by atoms with E-state index in [1.54, 1.807) is 26.2 Å². The highest BCUT2D eigenvalue weighted by Crippen LogP contribution is 2.07. The average Bonchev–Trinajstić information content (AvgIpc) is 2.36. The third-order valence-corrected chi connectivity index (χ3v) is 2.63. The van der Waals surface area contributed by atoms with Gasteiger partial charge in [-0.15, -0.1) is 0 Å². The molecule has 0 unspecified atom stereocenters. The molecular weight excluding hydrogens is 230 g/mol. The van der Waals surface area contributed by atoms with E-state index in [4.69, 9.17) is 5.41 Å². The molecule has 0 aliphatic heterocycles. The molecule has 1 heterocycles. The van der Waals surface area contributed by atoms with Crippen LogP contribution in [0.15, 0.2) is 28.7 Å². The molecule has 0 bridgehead atoms. The molecule has 0 radical (unpaired) electrons. The second-order valence-electron chi connectivity index (χ2n) is 3.87. The number of carbonyl (C=O) groups is 1. The first-order valence-electron chi connectivity index (χ1n) is 5.71. The topological polar surface area (TPSA) is 75.0 Å². The van der Waals surface area contributed by atoms with Crippen molar-refractivity contribution in [2.24, 2.45) is 7.05 Å². The summed E-state index contributed by atoms with van der Waals surface area (Å²) >= 11 is 0. The first-order chi connectivity index (χ1) is 8.53. The van der Waals surface area contributed by atoms with Crippen molar-refractivity contribution >= 4 is 17.8 Å². The lowest BCUT2D eigenvalue weighted by Crippen LogP contribution is -2.25. The van der Waals surface area contributed by atoms with Crippen LogP contribution < -0.4 is 10.9 Å². The van der Waals surface area contributed by atoms with Gasteiger partial charge in [-0.05, 0) is 25.0 Å². The number of nitrogens with one attached hydrogen (secondary N) is 2. The summed E-state index contributed by atoms with van der Waals surface area (Å²) in [5, 5.41) is 9.63. The maximum Gasteiger partial charge on any atom is 0.274 e. The number of nitrogens with zero attached hydrogens (tertiary/aromatic N) is 1. The van der Waals surface area contributed by atoms with E-state index in [1.807, 2.05) is 6.92 Å². The fourth-order valence-corrected chi connectivity index (χ4v) is 1.54. The van der Waals surface area contributed by atoms with E-state index in [1.165, 1.54) is 10.6 Å². The lowest BCUT2D eigenvalue weighted by Gasteiger charge is -2.08. The van der Waals surface area contributed by atoms with Crippen LogP contribution in [0.4, 0.5) is 5.69 Å². The van der Waals surface area contributed by atoms with Crippen LogP contribution in [0.5, 0.6) is 0 Å². The standard InChI is InChI=1S/C13H17N3O2/c1-4-9-6-11(13(18)16(3)8-9)15-12(17)10(5-2)7-14/h5-8,14H,4H2,1-3H3,(H,15,17)/b10-5+,14-7?. The summed E-state index contributed by atoms with van der Waals surface area (Å²) in [7, 11) is 1.64. The van der Waals surface area contributed by atoms with E-state index in [9.17, 15) is 9.59 Å². The Morgan fingerprint density at radius 2 is 2.22 bits per heavy atom. The molecule has 1 aromatic rings. The highest BCUT2D eigenvalue weighted by Gasteiger charge is 2.10. The fourth-order valence-electron chi connectivity index (χ4n) is 1.54. The summed E-state index contributed by atoms with van der Waals surface area (Å²) in [6, 6.07) is 1.66. The van der Waals surface area contributed by atoms with Gasteiger partial charge in [0.05, 0.1) is 5.57 Å². The van der Waals surface area contributed by atoms with Gasteiger partial charge in [0.15, 0.2) is 0 Å². The zero-order valence-corrected chi connectivity index (χ0v) is 10.8. The van der Waals surface area contributed by atoms with E-state index < -0.39 is 5.91 Å². The Morgan fingerprint density at radius 3 is 2.72 bits per heavy atom. The van der Waals surface area contributed by atoms with Crippen LogP contribution in [0.3, 0.4) is 0 Å². The van der Waals surface area contributed by atoms with Crippen LogP contribution in [0.2, 0.25) is 0 Å². The van der Waals surface area contributed by atoms with Crippen LogP contribution in [0.25, 0.3) is 0 Å². The van der Waals surface area contributed by atoms with E-state index >= 15 is 0 Å².